The van der Waals surface area contributed by atoms with E-state index in [9.17, 15) is 24.0 Å². The number of ketones is 1. The quantitative estimate of drug-likeness (QED) is 0.284. The summed E-state index contributed by atoms with van der Waals surface area (Å²) in [5, 5.41) is 15.5. The molecule has 0 aliphatic carbocycles. The molecule has 2 aliphatic heterocycles. The number of benzene rings is 1. The lowest BCUT2D eigenvalue weighted by Gasteiger charge is -2.42. The van der Waals surface area contributed by atoms with E-state index in [4.69, 9.17) is 4.74 Å². The highest BCUT2D eigenvalue weighted by atomic mass is 16.5. The van der Waals surface area contributed by atoms with Crippen molar-refractivity contribution in [1.82, 2.24) is 31.6 Å². The molecule has 12 nitrogen and oxygen atoms in total. The molecule has 1 aromatic carbocycles. The standard InChI is InChI=1S/C32H46N6O6/c1-5-8-25-30(42)36-20(4)27(39)13-21(12-22-14-33-24-10-7-6-9-23(22)24)29(41)34-16-32(17-44-18-32)35-15-28(40)37-26(11-19(2)3)31(43)38-25/h6-7,9-10,14,19-21,25-26,33,35H,5,8,11-13,15-18H2,1-4H3,(H,34,41)(H,36,42)(H,37,40)(H,38,43)/t20-,21+,25-,26-/m0/s1. The number of amides is 4. The number of fused-ring (bicyclic) bond motifs is 1. The summed E-state index contributed by atoms with van der Waals surface area (Å²) in [6.07, 6.45) is 3.43. The van der Waals surface area contributed by atoms with Gasteiger partial charge in [-0.25, -0.2) is 0 Å². The van der Waals surface area contributed by atoms with Crippen molar-refractivity contribution in [3.63, 3.8) is 0 Å². The molecule has 1 spiro atoms. The number of para-hydroxylation sites is 1. The van der Waals surface area contributed by atoms with Crippen molar-refractivity contribution >= 4 is 40.3 Å². The van der Waals surface area contributed by atoms with Crippen molar-refractivity contribution in [1.29, 1.82) is 0 Å². The van der Waals surface area contributed by atoms with Gasteiger partial charge in [0.15, 0.2) is 5.78 Å². The molecule has 2 fully saturated rings. The summed E-state index contributed by atoms with van der Waals surface area (Å²) < 4.78 is 5.44. The fourth-order valence-corrected chi connectivity index (χ4v) is 5.70. The van der Waals surface area contributed by atoms with E-state index < -0.39 is 41.4 Å². The van der Waals surface area contributed by atoms with Crippen LogP contribution >= 0.6 is 0 Å². The van der Waals surface area contributed by atoms with Gasteiger partial charge in [-0.3, -0.25) is 29.3 Å². The van der Waals surface area contributed by atoms with Crippen molar-refractivity contribution in [2.24, 2.45) is 11.8 Å². The lowest BCUT2D eigenvalue weighted by atomic mass is 9.90. The molecule has 0 bridgehead atoms. The summed E-state index contributed by atoms with van der Waals surface area (Å²) in [4.78, 5) is 69.9. The van der Waals surface area contributed by atoms with Crippen LogP contribution in [0.25, 0.3) is 10.9 Å². The summed E-state index contributed by atoms with van der Waals surface area (Å²) in [5.41, 5.74) is 1.19. The Bertz CT molecular complexity index is 1350. The summed E-state index contributed by atoms with van der Waals surface area (Å²) in [6.45, 7) is 8.08. The van der Waals surface area contributed by atoms with E-state index in [-0.39, 0.29) is 43.0 Å². The van der Waals surface area contributed by atoms with Crippen LogP contribution in [0.1, 0.15) is 58.9 Å². The van der Waals surface area contributed by atoms with Gasteiger partial charge < -0.3 is 31.0 Å². The van der Waals surface area contributed by atoms with Crippen LogP contribution in [0.2, 0.25) is 0 Å². The Kier molecular flexibility index (Phi) is 11.1. The van der Waals surface area contributed by atoms with Gasteiger partial charge in [-0.15, -0.1) is 0 Å². The van der Waals surface area contributed by atoms with Crippen LogP contribution in [-0.4, -0.2) is 84.4 Å². The number of hydrogen-bond donors (Lipinski definition) is 6. The summed E-state index contributed by atoms with van der Waals surface area (Å²) in [7, 11) is 0. The largest absolute Gasteiger partial charge is 0.377 e. The van der Waals surface area contributed by atoms with Crippen LogP contribution in [0.4, 0.5) is 0 Å². The maximum atomic E-state index is 13.6. The highest BCUT2D eigenvalue weighted by Crippen LogP contribution is 2.24. The van der Waals surface area contributed by atoms with Gasteiger partial charge in [0.1, 0.15) is 12.1 Å². The Hall–Kier alpha value is -3.77. The first-order valence-corrected chi connectivity index (χ1v) is 15.6. The Morgan fingerprint density at radius 2 is 1.68 bits per heavy atom. The van der Waals surface area contributed by atoms with Crippen LogP contribution in [0.5, 0.6) is 0 Å². The number of ether oxygens (including phenoxy) is 1. The molecule has 0 saturated carbocycles. The van der Waals surface area contributed by atoms with Gasteiger partial charge in [0.2, 0.25) is 23.6 Å². The van der Waals surface area contributed by atoms with Crippen LogP contribution in [-0.2, 0) is 35.1 Å². The molecule has 2 aromatic rings. The summed E-state index contributed by atoms with van der Waals surface area (Å²) in [6, 6.07) is 5.16. The zero-order valence-electron chi connectivity index (χ0n) is 26.1. The highest BCUT2D eigenvalue weighted by Gasteiger charge is 2.40. The van der Waals surface area contributed by atoms with E-state index in [2.05, 4.69) is 31.6 Å². The fraction of sp³-hybridized carbons (Fsp3) is 0.594. The van der Waals surface area contributed by atoms with Gasteiger partial charge in [0.25, 0.3) is 0 Å². The Balaban J connectivity index is 1.59. The number of aromatic nitrogens is 1. The number of Topliss-reactive ketones (excluding diaryl/α,β-unsaturated/α-hetero) is 1. The molecule has 1 aromatic heterocycles. The fourth-order valence-electron chi connectivity index (χ4n) is 5.70. The molecule has 2 saturated heterocycles. The van der Waals surface area contributed by atoms with Crippen molar-refractivity contribution in [3.8, 4) is 0 Å². The molecule has 4 rings (SSSR count). The maximum absolute atomic E-state index is 13.6. The number of hydrogen-bond acceptors (Lipinski definition) is 7. The molecule has 4 atom stereocenters. The van der Waals surface area contributed by atoms with Gasteiger partial charge in [0, 0.05) is 36.0 Å². The summed E-state index contributed by atoms with van der Waals surface area (Å²) >= 11 is 0. The number of nitrogens with one attached hydrogen (secondary N) is 6. The minimum atomic E-state index is -0.882. The molecule has 6 N–H and O–H groups in total. The van der Waals surface area contributed by atoms with Crippen LogP contribution in [0, 0.1) is 11.8 Å². The zero-order chi connectivity index (χ0) is 31.9. The number of carbonyl (C=O) groups excluding carboxylic acids is 5. The number of rotatable bonds is 6. The molecule has 44 heavy (non-hydrogen) atoms. The third kappa shape index (κ3) is 8.44. The summed E-state index contributed by atoms with van der Waals surface area (Å²) in [5.74, 6) is -2.50. The molecular formula is C32H46N6O6. The predicted molar refractivity (Wildman–Crippen MR) is 166 cm³/mol. The topological polar surface area (TPSA) is 171 Å². The van der Waals surface area contributed by atoms with E-state index in [1.807, 2.05) is 51.2 Å². The van der Waals surface area contributed by atoms with E-state index in [0.717, 1.165) is 16.5 Å². The van der Waals surface area contributed by atoms with Gasteiger partial charge in [0.05, 0.1) is 31.3 Å². The lowest BCUT2D eigenvalue weighted by Crippen LogP contribution is -2.67. The molecule has 240 valence electrons. The number of carbonyl (C=O) groups is 5. The van der Waals surface area contributed by atoms with Crippen molar-refractivity contribution in [2.75, 3.05) is 26.3 Å². The second-order valence-corrected chi connectivity index (χ2v) is 12.6. The molecule has 0 unspecified atom stereocenters. The normalized spacial score (nSPS) is 25.9. The first-order valence-electron chi connectivity index (χ1n) is 15.6. The average Bonchev–Trinajstić information content (AvgIpc) is 3.37. The molecule has 4 amide bonds. The average molecular weight is 611 g/mol. The SMILES string of the molecule is CCC[C@@H]1NC(=O)[C@H](CC(C)C)NC(=O)CNC2(CNC(=O)[C@H](Cc3c[nH]c4ccccc34)CC(=O)[C@H](C)NC1=O)COC2. The second-order valence-electron chi connectivity index (χ2n) is 12.6. The van der Waals surface area contributed by atoms with Crippen molar-refractivity contribution in [2.45, 2.75) is 83.5 Å². The molecule has 3 heterocycles. The predicted octanol–water partition coefficient (Wildman–Crippen LogP) is 1.09. The van der Waals surface area contributed by atoms with Crippen LogP contribution in [0.15, 0.2) is 30.5 Å². The maximum Gasteiger partial charge on any atom is 0.243 e. The smallest absolute Gasteiger partial charge is 0.243 e. The van der Waals surface area contributed by atoms with E-state index in [1.54, 1.807) is 6.92 Å². The van der Waals surface area contributed by atoms with Gasteiger partial charge in [-0.05, 0) is 43.7 Å². The second kappa shape index (κ2) is 14.8. The van der Waals surface area contributed by atoms with Crippen LogP contribution < -0.4 is 26.6 Å². The van der Waals surface area contributed by atoms with Gasteiger partial charge in [-0.2, -0.15) is 0 Å². The lowest BCUT2D eigenvalue weighted by molar-refractivity contribution is -0.135. The Morgan fingerprint density at radius 3 is 2.36 bits per heavy atom. The van der Waals surface area contributed by atoms with Crippen molar-refractivity contribution < 1.29 is 28.7 Å². The monoisotopic (exact) mass is 610 g/mol. The Labute approximate surface area is 258 Å². The third-order valence-corrected chi connectivity index (χ3v) is 8.35. The molecule has 12 heteroatoms. The van der Waals surface area contributed by atoms with Crippen LogP contribution in [0.3, 0.4) is 0 Å². The van der Waals surface area contributed by atoms with E-state index in [1.165, 1.54) is 0 Å². The minimum absolute atomic E-state index is 0.0885. The molecule has 0 radical (unpaired) electrons. The van der Waals surface area contributed by atoms with Crippen molar-refractivity contribution in [3.05, 3.63) is 36.0 Å². The minimum Gasteiger partial charge on any atom is -0.377 e. The highest BCUT2D eigenvalue weighted by molar-refractivity contribution is 5.96. The number of H-pyrrole nitrogens is 1. The third-order valence-electron chi connectivity index (χ3n) is 8.35. The zero-order valence-corrected chi connectivity index (χ0v) is 26.1. The number of aromatic amines is 1. The van der Waals surface area contributed by atoms with E-state index in [0.29, 0.717) is 38.9 Å². The van der Waals surface area contributed by atoms with Gasteiger partial charge >= 0.3 is 0 Å². The Morgan fingerprint density at radius 1 is 0.955 bits per heavy atom. The first kappa shape index (κ1) is 33.1. The van der Waals surface area contributed by atoms with E-state index >= 15 is 0 Å². The molecule has 2 aliphatic rings. The first-order chi connectivity index (χ1) is 21.0. The molecular weight excluding hydrogens is 564 g/mol. The van der Waals surface area contributed by atoms with Gasteiger partial charge in [-0.1, -0.05) is 45.4 Å².